The molecular weight excluding hydrogens is 146 g/mol. The number of nitrogens with two attached hydrogens (primary N) is 1. The zero-order chi connectivity index (χ0) is 8.48. The number of rotatable bonds is 2. The molecule has 4 heteroatoms. The van der Waals surface area contributed by atoms with E-state index in [1.165, 1.54) is 0 Å². The van der Waals surface area contributed by atoms with Crippen molar-refractivity contribution >= 4 is 0 Å². The van der Waals surface area contributed by atoms with E-state index in [0.29, 0.717) is 6.61 Å². The van der Waals surface area contributed by atoms with Gasteiger partial charge in [0.05, 0.1) is 19.3 Å². The Kier molecular flexibility index (Phi) is 2.49. The zero-order valence-electron chi connectivity index (χ0n) is 6.91. The molecule has 0 amide bonds. The summed E-state index contributed by atoms with van der Waals surface area (Å²) in [6, 6.07) is -0.336. The van der Waals surface area contributed by atoms with Crippen molar-refractivity contribution in [2.45, 2.75) is 31.8 Å². The Bertz CT molecular complexity index is 138. The van der Waals surface area contributed by atoms with Gasteiger partial charge in [-0.15, -0.1) is 0 Å². The summed E-state index contributed by atoms with van der Waals surface area (Å²) in [6.45, 7) is 4.06. The van der Waals surface area contributed by atoms with E-state index in [4.69, 9.17) is 20.3 Å². The van der Waals surface area contributed by atoms with Crippen LogP contribution in [0.25, 0.3) is 0 Å². The fourth-order valence-corrected chi connectivity index (χ4v) is 1.04. The molecule has 1 aliphatic heterocycles. The molecule has 0 aromatic rings. The number of aliphatic hydroxyl groups is 1. The van der Waals surface area contributed by atoms with E-state index < -0.39 is 5.79 Å². The van der Waals surface area contributed by atoms with Crippen molar-refractivity contribution in [1.82, 2.24) is 0 Å². The molecule has 11 heavy (non-hydrogen) atoms. The number of hydrogen-bond donors (Lipinski definition) is 2. The number of hydrogen-bond acceptors (Lipinski definition) is 4. The highest BCUT2D eigenvalue weighted by molar-refractivity contribution is 4.79. The third-order valence-corrected chi connectivity index (χ3v) is 1.72. The molecule has 0 bridgehead atoms. The second-order valence-electron chi connectivity index (χ2n) is 3.21. The van der Waals surface area contributed by atoms with Gasteiger partial charge in [0.1, 0.15) is 6.10 Å². The molecule has 3 N–H and O–H groups in total. The summed E-state index contributed by atoms with van der Waals surface area (Å²) in [5, 5.41) is 8.70. The van der Waals surface area contributed by atoms with Crippen LogP contribution in [0.4, 0.5) is 0 Å². The molecule has 4 nitrogen and oxygen atoms in total. The third-order valence-electron chi connectivity index (χ3n) is 1.72. The minimum Gasteiger partial charge on any atom is -0.395 e. The predicted octanol–water partition coefficient (Wildman–Crippen LogP) is -0.542. The molecule has 0 unspecified atom stereocenters. The predicted molar refractivity (Wildman–Crippen MR) is 40.0 cm³/mol. The van der Waals surface area contributed by atoms with Crippen molar-refractivity contribution in [2.24, 2.45) is 5.73 Å². The van der Waals surface area contributed by atoms with E-state index in [0.717, 1.165) is 0 Å². The summed E-state index contributed by atoms with van der Waals surface area (Å²) >= 11 is 0. The van der Waals surface area contributed by atoms with Crippen LogP contribution in [0.15, 0.2) is 0 Å². The van der Waals surface area contributed by atoms with Crippen LogP contribution in [0.3, 0.4) is 0 Å². The first-order valence-corrected chi connectivity index (χ1v) is 3.73. The summed E-state index contributed by atoms with van der Waals surface area (Å²) < 4.78 is 10.7. The SMILES string of the molecule is CC1(C)OC[C@@H]([C@H](N)CO)O1. The molecular formula is C7H15NO3. The van der Waals surface area contributed by atoms with E-state index in [9.17, 15) is 0 Å². The first-order valence-electron chi connectivity index (χ1n) is 3.73. The van der Waals surface area contributed by atoms with Crippen LogP contribution < -0.4 is 5.73 Å². The average Bonchev–Trinajstić information content (AvgIpc) is 2.29. The Morgan fingerprint density at radius 1 is 1.73 bits per heavy atom. The van der Waals surface area contributed by atoms with Gasteiger partial charge in [-0.1, -0.05) is 0 Å². The highest BCUT2D eigenvalue weighted by atomic mass is 16.7. The molecule has 0 aromatic carbocycles. The second kappa shape index (κ2) is 3.06. The Labute approximate surface area is 66.3 Å². The van der Waals surface area contributed by atoms with Gasteiger partial charge in [0.25, 0.3) is 0 Å². The van der Waals surface area contributed by atoms with Crippen molar-refractivity contribution in [3.8, 4) is 0 Å². The monoisotopic (exact) mass is 161 g/mol. The average molecular weight is 161 g/mol. The van der Waals surface area contributed by atoms with E-state index in [1.54, 1.807) is 0 Å². The molecule has 0 saturated carbocycles. The van der Waals surface area contributed by atoms with Crippen LogP contribution in [0.5, 0.6) is 0 Å². The van der Waals surface area contributed by atoms with Gasteiger partial charge in [-0.25, -0.2) is 0 Å². The molecule has 0 aliphatic carbocycles. The molecule has 1 aliphatic rings. The normalized spacial score (nSPS) is 32.2. The molecule has 0 aromatic heterocycles. The minimum atomic E-state index is -0.544. The summed E-state index contributed by atoms with van der Waals surface area (Å²) in [5.74, 6) is -0.544. The van der Waals surface area contributed by atoms with E-state index >= 15 is 0 Å². The maximum Gasteiger partial charge on any atom is 0.163 e. The van der Waals surface area contributed by atoms with Crippen LogP contribution in [-0.4, -0.2) is 36.3 Å². The molecule has 0 spiro atoms. The van der Waals surface area contributed by atoms with E-state index in [-0.39, 0.29) is 18.8 Å². The van der Waals surface area contributed by atoms with E-state index in [1.807, 2.05) is 13.8 Å². The highest BCUT2D eigenvalue weighted by Crippen LogP contribution is 2.23. The lowest BCUT2D eigenvalue weighted by Crippen LogP contribution is -2.40. The van der Waals surface area contributed by atoms with Crippen LogP contribution in [0.1, 0.15) is 13.8 Å². The Morgan fingerprint density at radius 3 is 2.73 bits per heavy atom. The van der Waals surface area contributed by atoms with Crippen molar-refractivity contribution < 1.29 is 14.6 Å². The number of aliphatic hydroxyl groups excluding tert-OH is 1. The van der Waals surface area contributed by atoms with Crippen molar-refractivity contribution in [2.75, 3.05) is 13.2 Å². The van der Waals surface area contributed by atoms with Crippen molar-refractivity contribution in [3.05, 3.63) is 0 Å². The first-order chi connectivity index (χ1) is 5.05. The highest BCUT2D eigenvalue weighted by Gasteiger charge is 2.35. The topological polar surface area (TPSA) is 64.7 Å². The maximum atomic E-state index is 8.70. The molecule has 0 radical (unpaired) electrons. The summed E-state index contributed by atoms with van der Waals surface area (Å²) in [7, 11) is 0. The zero-order valence-corrected chi connectivity index (χ0v) is 6.91. The van der Waals surface area contributed by atoms with Crippen molar-refractivity contribution in [3.63, 3.8) is 0 Å². The summed E-state index contributed by atoms with van der Waals surface area (Å²) in [4.78, 5) is 0. The minimum absolute atomic E-state index is 0.0654. The van der Waals surface area contributed by atoms with Gasteiger partial charge in [0, 0.05) is 0 Å². The molecule has 1 fully saturated rings. The van der Waals surface area contributed by atoms with Gasteiger partial charge in [-0.3, -0.25) is 0 Å². The van der Waals surface area contributed by atoms with Gasteiger partial charge in [-0.2, -0.15) is 0 Å². The second-order valence-corrected chi connectivity index (χ2v) is 3.21. The number of ether oxygens (including phenoxy) is 2. The van der Waals surface area contributed by atoms with Crippen LogP contribution in [0, 0.1) is 0 Å². The van der Waals surface area contributed by atoms with Crippen LogP contribution >= 0.6 is 0 Å². The fraction of sp³-hybridized carbons (Fsp3) is 1.00. The van der Waals surface area contributed by atoms with Crippen LogP contribution in [-0.2, 0) is 9.47 Å². The molecule has 1 rings (SSSR count). The van der Waals surface area contributed by atoms with E-state index in [2.05, 4.69) is 0 Å². The first kappa shape index (κ1) is 8.93. The Balaban J connectivity index is 2.41. The molecule has 1 heterocycles. The van der Waals surface area contributed by atoms with Gasteiger partial charge in [0.2, 0.25) is 0 Å². The molecule has 66 valence electrons. The summed E-state index contributed by atoms with van der Waals surface area (Å²) in [6.07, 6.45) is -0.171. The van der Waals surface area contributed by atoms with Gasteiger partial charge < -0.3 is 20.3 Å². The third kappa shape index (κ3) is 2.13. The maximum absolute atomic E-state index is 8.70. The Morgan fingerprint density at radius 2 is 2.36 bits per heavy atom. The van der Waals surface area contributed by atoms with Crippen molar-refractivity contribution in [1.29, 1.82) is 0 Å². The fourth-order valence-electron chi connectivity index (χ4n) is 1.04. The van der Waals surface area contributed by atoms with Gasteiger partial charge in [-0.05, 0) is 13.8 Å². The van der Waals surface area contributed by atoms with Gasteiger partial charge in [0.15, 0.2) is 5.79 Å². The molecule has 1 saturated heterocycles. The van der Waals surface area contributed by atoms with Crippen LogP contribution in [0.2, 0.25) is 0 Å². The Hall–Kier alpha value is -0.160. The summed E-state index contributed by atoms with van der Waals surface area (Å²) in [5.41, 5.74) is 5.54. The lowest BCUT2D eigenvalue weighted by molar-refractivity contribution is -0.141. The standard InChI is InChI=1S/C7H15NO3/c1-7(2)10-4-6(11-7)5(8)3-9/h5-6,9H,3-4,8H2,1-2H3/t5-,6+/m1/s1. The molecule has 2 atom stereocenters. The lowest BCUT2D eigenvalue weighted by Gasteiger charge is -2.19. The van der Waals surface area contributed by atoms with Gasteiger partial charge >= 0.3 is 0 Å². The largest absolute Gasteiger partial charge is 0.395 e. The quantitative estimate of drug-likeness (QED) is 0.570. The smallest absolute Gasteiger partial charge is 0.163 e. The lowest BCUT2D eigenvalue weighted by atomic mass is 10.2.